The third kappa shape index (κ3) is 2.89. The Labute approximate surface area is 118 Å². The van der Waals surface area contributed by atoms with Crippen molar-refractivity contribution in [2.75, 3.05) is 6.61 Å². The number of aryl methyl sites for hydroxylation is 1. The van der Waals surface area contributed by atoms with Gasteiger partial charge in [-0.2, -0.15) is 0 Å². The molecule has 2 rings (SSSR count). The SMILES string of the molecule is C=C=C(CC1CCc2ccccc2C1=O)C(=O)OCC. The molecule has 104 valence electrons. The van der Waals surface area contributed by atoms with E-state index < -0.39 is 5.97 Å². The average Bonchev–Trinajstić information content (AvgIpc) is 2.47. The zero-order valence-electron chi connectivity index (χ0n) is 11.6. The fourth-order valence-electron chi connectivity index (χ4n) is 2.55. The van der Waals surface area contributed by atoms with E-state index in [9.17, 15) is 9.59 Å². The number of benzene rings is 1. The van der Waals surface area contributed by atoms with Gasteiger partial charge in [-0.3, -0.25) is 4.79 Å². The highest BCUT2D eigenvalue weighted by atomic mass is 16.5. The summed E-state index contributed by atoms with van der Waals surface area (Å²) < 4.78 is 4.95. The molecule has 1 unspecified atom stereocenters. The number of fused-ring (bicyclic) bond motifs is 1. The lowest BCUT2D eigenvalue weighted by Gasteiger charge is -2.23. The second-order valence-electron chi connectivity index (χ2n) is 4.84. The Bertz CT molecular complexity index is 580. The van der Waals surface area contributed by atoms with Crippen LogP contribution in [0.5, 0.6) is 0 Å². The molecular formula is C17H18O3. The van der Waals surface area contributed by atoms with Gasteiger partial charge in [0.25, 0.3) is 0 Å². The van der Waals surface area contributed by atoms with Crippen molar-refractivity contribution in [1.82, 2.24) is 0 Å². The monoisotopic (exact) mass is 270 g/mol. The summed E-state index contributed by atoms with van der Waals surface area (Å²) in [6.07, 6.45) is 1.97. The highest BCUT2D eigenvalue weighted by Crippen LogP contribution is 2.29. The normalized spacial score (nSPS) is 17.1. The molecule has 1 aliphatic carbocycles. The van der Waals surface area contributed by atoms with Gasteiger partial charge in [-0.25, -0.2) is 4.79 Å². The average molecular weight is 270 g/mol. The molecule has 0 bridgehead atoms. The van der Waals surface area contributed by atoms with Gasteiger partial charge in [0.2, 0.25) is 0 Å². The summed E-state index contributed by atoms with van der Waals surface area (Å²) in [4.78, 5) is 24.2. The molecule has 0 radical (unpaired) electrons. The Kier molecular flexibility index (Phi) is 4.54. The van der Waals surface area contributed by atoms with Crippen molar-refractivity contribution in [2.24, 2.45) is 5.92 Å². The maximum Gasteiger partial charge on any atom is 0.341 e. The molecule has 0 fully saturated rings. The van der Waals surface area contributed by atoms with Crippen LogP contribution in [0.25, 0.3) is 0 Å². The standard InChI is InChI=1S/C17H18O3/c1-3-12(17(19)20-4-2)11-14-10-9-13-7-5-6-8-15(13)16(14)18/h5-8,14H,1,4,9-11H2,2H3. The Morgan fingerprint density at radius 2 is 2.20 bits per heavy atom. The first-order chi connectivity index (χ1) is 9.67. The zero-order chi connectivity index (χ0) is 14.5. The summed E-state index contributed by atoms with van der Waals surface area (Å²) in [7, 11) is 0. The van der Waals surface area contributed by atoms with Crippen LogP contribution in [-0.2, 0) is 16.0 Å². The Balaban J connectivity index is 2.14. The number of rotatable bonds is 4. The fraction of sp³-hybridized carbons (Fsp3) is 0.353. The van der Waals surface area contributed by atoms with E-state index in [1.165, 1.54) is 0 Å². The molecule has 20 heavy (non-hydrogen) atoms. The highest BCUT2D eigenvalue weighted by Gasteiger charge is 2.29. The third-order valence-corrected chi connectivity index (χ3v) is 3.60. The Morgan fingerprint density at radius 3 is 2.90 bits per heavy atom. The van der Waals surface area contributed by atoms with Gasteiger partial charge < -0.3 is 4.74 Å². The molecule has 0 aliphatic heterocycles. The highest BCUT2D eigenvalue weighted by molar-refractivity contribution is 6.01. The molecule has 1 atom stereocenters. The van der Waals surface area contributed by atoms with Crippen LogP contribution in [0.1, 0.15) is 35.7 Å². The Morgan fingerprint density at radius 1 is 1.45 bits per heavy atom. The number of ether oxygens (including phenoxy) is 1. The molecule has 0 spiro atoms. The second kappa shape index (κ2) is 6.36. The minimum absolute atomic E-state index is 0.101. The number of ketones is 1. The summed E-state index contributed by atoms with van der Waals surface area (Å²) in [6, 6.07) is 7.65. The van der Waals surface area contributed by atoms with Crippen LogP contribution >= 0.6 is 0 Å². The van der Waals surface area contributed by atoms with Crippen molar-refractivity contribution in [1.29, 1.82) is 0 Å². The quantitative estimate of drug-likeness (QED) is 0.479. The predicted octanol–water partition coefficient (Wildman–Crippen LogP) is 3.10. The first-order valence-corrected chi connectivity index (χ1v) is 6.85. The molecule has 0 amide bonds. The van der Waals surface area contributed by atoms with Crippen LogP contribution in [0.4, 0.5) is 0 Å². The summed E-state index contributed by atoms with van der Waals surface area (Å²) in [5, 5.41) is 0. The maximum atomic E-state index is 12.4. The van der Waals surface area contributed by atoms with Crippen molar-refractivity contribution in [3.63, 3.8) is 0 Å². The zero-order valence-corrected chi connectivity index (χ0v) is 11.6. The van der Waals surface area contributed by atoms with Crippen molar-refractivity contribution in [2.45, 2.75) is 26.2 Å². The molecular weight excluding hydrogens is 252 g/mol. The molecule has 3 heteroatoms. The lowest BCUT2D eigenvalue weighted by Crippen LogP contribution is -2.24. The van der Waals surface area contributed by atoms with Crippen LogP contribution < -0.4 is 0 Å². The van der Waals surface area contributed by atoms with Gasteiger partial charge in [-0.05, 0) is 31.7 Å². The fourth-order valence-corrected chi connectivity index (χ4v) is 2.55. The molecule has 0 N–H and O–H groups in total. The first kappa shape index (κ1) is 14.3. The van der Waals surface area contributed by atoms with E-state index in [2.05, 4.69) is 12.3 Å². The van der Waals surface area contributed by atoms with Crippen LogP contribution in [0.2, 0.25) is 0 Å². The molecule has 0 aromatic heterocycles. The summed E-state index contributed by atoms with van der Waals surface area (Å²) in [6.45, 7) is 5.59. The van der Waals surface area contributed by atoms with Gasteiger partial charge in [0.05, 0.1) is 12.2 Å². The van der Waals surface area contributed by atoms with Crippen LogP contribution in [-0.4, -0.2) is 18.4 Å². The van der Waals surface area contributed by atoms with Gasteiger partial charge in [0.15, 0.2) is 5.78 Å². The molecule has 1 aliphatic rings. The van der Waals surface area contributed by atoms with Crippen molar-refractivity contribution in [3.05, 3.63) is 53.3 Å². The lowest BCUT2D eigenvalue weighted by molar-refractivity contribution is -0.138. The summed E-state index contributed by atoms with van der Waals surface area (Å²) in [5.74, 6) is -0.503. The molecule has 0 saturated carbocycles. The first-order valence-electron chi connectivity index (χ1n) is 6.85. The van der Waals surface area contributed by atoms with E-state index in [0.29, 0.717) is 18.6 Å². The van der Waals surface area contributed by atoms with E-state index in [0.717, 1.165) is 24.0 Å². The van der Waals surface area contributed by atoms with Crippen LogP contribution in [0, 0.1) is 5.92 Å². The van der Waals surface area contributed by atoms with Gasteiger partial charge in [-0.15, -0.1) is 5.73 Å². The van der Waals surface area contributed by atoms with Crippen LogP contribution in [0.3, 0.4) is 0 Å². The van der Waals surface area contributed by atoms with E-state index >= 15 is 0 Å². The van der Waals surface area contributed by atoms with Crippen molar-refractivity contribution in [3.8, 4) is 0 Å². The predicted molar refractivity (Wildman–Crippen MR) is 76.5 cm³/mol. The molecule has 0 saturated heterocycles. The Hall–Kier alpha value is -2.12. The van der Waals surface area contributed by atoms with E-state index in [4.69, 9.17) is 4.74 Å². The van der Waals surface area contributed by atoms with Gasteiger partial charge in [0.1, 0.15) is 0 Å². The number of carbonyl (C=O) groups is 2. The molecule has 1 aromatic rings. The number of esters is 1. The minimum atomic E-state index is -0.422. The molecule has 1 aromatic carbocycles. The number of hydrogen-bond acceptors (Lipinski definition) is 3. The van der Waals surface area contributed by atoms with E-state index in [1.54, 1.807) is 6.92 Å². The van der Waals surface area contributed by atoms with Gasteiger partial charge >= 0.3 is 5.97 Å². The van der Waals surface area contributed by atoms with Gasteiger partial charge in [0, 0.05) is 11.5 Å². The molecule has 3 nitrogen and oxygen atoms in total. The number of Topliss-reactive ketones (excluding diaryl/α,β-unsaturated/α-hetero) is 1. The van der Waals surface area contributed by atoms with Crippen molar-refractivity contribution < 1.29 is 14.3 Å². The summed E-state index contributed by atoms with van der Waals surface area (Å²) >= 11 is 0. The smallest absolute Gasteiger partial charge is 0.341 e. The van der Waals surface area contributed by atoms with Crippen molar-refractivity contribution >= 4 is 11.8 Å². The van der Waals surface area contributed by atoms with E-state index in [1.807, 2.05) is 24.3 Å². The van der Waals surface area contributed by atoms with E-state index in [-0.39, 0.29) is 11.7 Å². The molecule has 0 heterocycles. The second-order valence-corrected chi connectivity index (χ2v) is 4.84. The third-order valence-electron chi connectivity index (χ3n) is 3.60. The largest absolute Gasteiger partial charge is 0.462 e. The van der Waals surface area contributed by atoms with Crippen LogP contribution in [0.15, 0.2) is 42.1 Å². The minimum Gasteiger partial charge on any atom is -0.462 e. The lowest BCUT2D eigenvalue weighted by atomic mass is 9.80. The maximum absolute atomic E-state index is 12.4. The van der Waals surface area contributed by atoms with Gasteiger partial charge in [-0.1, -0.05) is 30.8 Å². The summed E-state index contributed by atoms with van der Waals surface area (Å²) in [5.41, 5.74) is 4.85. The topological polar surface area (TPSA) is 43.4 Å². The number of carbonyl (C=O) groups excluding carboxylic acids is 2. The number of hydrogen-bond donors (Lipinski definition) is 0.